The van der Waals surface area contributed by atoms with E-state index in [0.717, 1.165) is 0 Å². The van der Waals surface area contributed by atoms with Crippen molar-refractivity contribution in [2.75, 3.05) is 13.1 Å². The molecular weight excluding hydrogens is 325 g/mol. The number of benzene rings is 1. The standard InChI is InChI=1S/C13H14ClF3N2O3/c14-9-3-1-8(2-4-9)10(20)6-18-11(21)5-12(22)19-7-13(15,16)17/h1-4,10,20H,5-7H2,(H,18,21)(H,19,22). The third kappa shape index (κ3) is 7.28. The van der Waals surface area contributed by atoms with Crippen molar-refractivity contribution in [3.8, 4) is 0 Å². The third-order valence-electron chi connectivity index (χ3n) is 2.55. The van der Waals surface area contributed by atoms with Crippen molar-refractivity contribution >= 4 is 23.4 Å². The largest absolute Gasteiger partial charge is 0.405 e. The van der Waals surface area contributed by atoms with Gasteiger partial charge in [0.15, 0.2) is 0 Å². The van der Waals surface area contributed by atoms with Gasteiger partial charge in [0.2, 0.25) is 11.8 Å². The molecule has 0 aliphatic carbocycles. The van der Waals surface area contributed by atoms with E-state index in [1.165, 1.54) is 0 Å². The van der Waals surface area contributed by atoms with Gasteiger partial charge in [-0.25, -0.2) is 0 Å². The molecular formula is C13H14ClF3N2O3. The fourth-order valence-corrected chi connectivity index (χ4v) is 1.61. The maximum Gasteiger partial charge on any atom is 0.405 e. The number of nitrogens with one attached hydrogen (secondary N) is 2. The summed E-state index contributed by atoms with van der Waals surface area (Å²) in [5.41, 5.74) is 0.506. The highest BCUT2D eigenvalue weighted by molar-refractivity contribution is 6.30. The van der Waals surface area contributed by atoms with Crippen molar-refractivity contribution in [1.29, 1.82) is 0 Å². The lowest BCUT2D eigenvalue weighted by atomic mass is 10.1. The molecule has 1 aromatic carbocycles. The van der Waals surface area contributed by atoms with Crippen LogP contribution in [-0.2, 0) is 9.59 Å². The van der Waals surface area contributed by atoms with Crippen LogP contribution in [-0.4, -0.2) is 36.2 Å². The van der Waals surface area contributed by atoms with E-state index in [0.29, 0.717) is 10.6 Å². The lowest BCUT2D eigenvalue weighted by Crippen LogP contribution is -2.37. The Hall–Kier alpha value is -1.80. The minimum atomic E-state index is -4.53. The first-order valence-corrected chi connectivity index (χ1v) is 6.59. The molecule has 122 valence electrons. The molecule has 0 heterocycles. The molecule has 0 saturated heterocycles. The Bertz CT molecular complexity index is 520. The van der Waals surface area contributed by atoms with Gasteiger partial charge >= 0.3 is 6.18 Å². The topological polar surface area (TPSA) is 78.4 Å². The third-order valence-corrected chi connectivity index (χ3v) is 2.81. The quantitative estimate of drug-likeness (QED) is 0.689. The van der Waals surface area contributed by atoms with Crippen LogP contribution in [0.5, 0.6) is 0 Å². The first kappa shape index (κ1) is 18.2. The van der Waals surface area contributed by atoms with Crippen LogP contribution in [0, 0.1) is 0 Å². The van der Waals surface area contributed by atoms with Gasteiger partial charge in [-0.3, -0.25) is 9.59 Å². The van der Waals surface area contributed by atoms with Gasteiger partial charge in [0.1, 0.15) is 13.0 Å². The van der Waals surface area contributed by atoms with Crippen LogP contribution in [0.4, 0.5) is 13.2 Å². The number of hydrogen-bond acceptors (Lipinski definition) is 3. The maximum atomic E-state index is 11.9. The van der Waals surface area contributed by atoms with Crippen LogP contribution in [0.25, 0.3) is 0 Å². The zero-order valence-electron chi connectivity index (χ0n) is 11.3. The van der Waals surface area contributed by atoms with E-state index in [4.69, 9.17) is 11.6 Å². The summed E-state index contributed by atoms with van der Waals surface area (Å²) in [6, 6.07) is 6.25. The molecule has 0 bridgehead atoms. The highest BCUT2D eigenvalue weighted by atomic mass is 35.5. The Balaban J connectivity index is 2.33. The van der Waals surface area contributed by atoms with E-state index in [1.54, 1.807) is 29.6 Å². The number of alkyl halides is 3. The predicted molar refractivity (Wildman–Crippen MR) is 73.1 cm³/mol. The summed E-state index contributed by atoms with van der Waals surface area (Å²) >= 11 is 5.69. The highest BCUT2D eigenvalue weighted by Gasteiger charge is 2.28. The summed E-state index contributed by atoms with van der Waals surface area (Å²) in [4.78, 5) is 22.5. The lowest BCUT2D eigenvalue weighted by molar-refractivity contribution is -0.140. The van der Waals surface area contributed by atoms with E-state index < -0.39 is 37.1 Å². The SMILES string of the molecule is O=C(CC(=O)NCC(F)(F)F)NCC(O)c1ccc(Cl)cc1. The molecule has 1 atom stereocenters. The second-order valence-corrected chi connectivity index (χ2v) is 4.88. The van der Waals surface area contributed by atoms with Gasteiger partial charge in [0.05, 0.1) is 6.10 Å². The minimum Gasteiger partial charge on any atom is -0.387 e. The van der Waals surface area contributed by atoms with Crippen molar-refractivity contribution in [3.05, 3.63) is 34.9 Å². The molecule has 0 aliphatic heterocycles. The zero-order valence-corrected chi connectivity index (χ0v) is 12.0. The van der Waals surface area contributed by atoms with Crippen LogP contribution in [0.2, 0.25) is 5.02 Å². The summed E-state index contributed by atoms with van der Waals surface area (Å²) in [6.45, 7) is -1.67. The van der Waals surface area contributed by atoms with Crippen molar-refractivity contribution in [1.82, 2.24) is 10.6 Å². The molecule has 1 rings (SSSR count). The molecule has 3 N–H and O–H groups in total. The van der Waals surface area contributed by atoms with Gasteiger partial charge in [0, 0.05) is 11.6 Å². The number of carbonyl (C=O) groups is 2. The van der Waals surface area contributed by atoms with Crippen LogP contribution >= 0.6 is 11.6 Å². The van der Waals surface area contributed by atoms with Crippen molar-refractivity contribution in [3.63, 3.8) is 0 Å². The molecule has 0 spiro atoms. The normalized spacial score (nSPS) is 12.6. The van der Waals surface area contributed by atoms with Gasteiger partial charge < -0.3 is 15.7 Å². The second-order valence-electron chi connectivity index (χ2n) is 4.44. The molecule has 1 aromatic rings. The Morgan fingerprint density at radius 1 is 1.14 bits per heavy atom. The van der Waals surface area contributed by atoms with E-state index in [9.17, 15) is 27.9 Å². The van der Waals surface area contributed by atoms with Crippen LogP contribution < -0.4 is 10.6 Å². The fourth-order valence-electron chi connectivity index (χ4n) is 1.48. The smallest absolute Gasteiger partial charge is 0.387 e. The first-order valence-electron chi connectivity index (χ1n) is 6.21. The predicted octanol–water partition coefficient (Wildman–Crippen LogP) is 1.56. The number of hydrogen-bond donors (Lipinski definition) is 3. The van der Waals surface area contributed by atoms with E-state index in [2.05, 4.69) is 5.32 Å². The first-order chi connectivity index (χ1) is 10.2. The lowest BCUT2D eigenvalue weighted by Gasteiger charge is -2.12. The van der Waals surface area contributed by atoms with E-state index in [-0.39, 0.29) is 6.54 Å². The van der Waals surface area contributed by atoms with Gasteiger partial charge in [-0.05, 0) is 17.7 Å². The van der Waals surface area contributed by atoms with E-state index in [1.807, 2.05) is 0 Å². The Labute approximate surface area is 129 Å². The molecule has 5 nitrogen and oxygen atoms in total. The summed E-state index contributed by atoms with van der Waals surface area (Å²) in [5, 5.41) is 14.1. The number of amides is 2. The second kappa shape index (κ2) is 8.00. The zero-order chi connectivity index (χ0) is 16.8. The number of aliphatic hydroxyl groups is 1. The number of aliphatic hydroxyl groups excluding tert-OH is 1. The van der Waals surface area contributed by atoms with Crippen LogP contribution in [0.1, 0.15) is 18.1 Å². The van der Waals surface area contributed by atoms with Crippen molar-refractivity contribution < 1.29 is 27.9 Å². The molecule has 9 heteroatoms. The van der Waals surface area contributed by atoms with Crippen molar-refractivity contribution in [2.45, 2.75) is 18.7 Å². The number of halogens is 4. The number of rotatable bonds is 6. The van der Waals surface area contributed by atoms with Gasteiger partial charge in [-0.1, -0.05) is 23.7 Å². The molecule has 2 amide bonds. The molecule has 0 radical (unpaired) electrons. The van der Waals surface area contributed by atoms with Gasteiger partial charge in [-0.2, -0.15) is 13.2 Å². The average molecular weight is 339 g/mol. The van der Waals surface area contributed by atoms with Gasteiger partial charge in [0.25, 0.3) is 0 Å². The summed E-state index contributed by atoms with van der Waals surface area (Å²) < 4.78 is 35.6. The maximum absolute atomic E-state index is 11.9. The Morgan fingerprint density at radius 3 is 2.23 bits per heavy atom. The fraction of sp³-hybridized carbons (Fsp3) is 0.385. The average Bonchev–Trinajstić information content (AvgIpc) is 2.42. The molecule has 0 fully saturated rings. The van der Waals surface area contributed by atoms with Crippen LogP contribution in [0.15, 0.2) is 24.3 Å². The molecule has 0 aliphatic rings. The summed E-state index contributed by atoms with van der Waals surface area (Å²) in [6.07, 6.45) is -6.29. The molecule has 1 unspecified atom stereocenters. The summed E-state index contributed by atoms with van der Waals surface area (Å²) in [7, 11) is 0. The van der Waals surface area contributed by atoms with E-state index >= 15 is 0 Å². The monoisotopic (exact) mass is 338 g/mol. The Morgan fingerprint density at radius 2 is 1.68 bits per heavy atom. The molecule has 0 saturated carbocycles. The molecule has 0 aromatic heterocycles. The Kier molecular flexibility index (Phi) is 6.63. The highest BCUT2D eigenvalue weighted by Crippen LogP contribution is 2.15. The van der Waals surface area contributed by atoms with Crippen molar-refractivity contribution in [2.24, 2.45) is 0 Å². The number of carbonyl (C=O) groups excluding carboxylic acids is 2. The minimum absolute atomic E-state index is 0.174. The summed E-state index contributed by atoms with van der Waals surface area (Å²) in [5.74, 6) is -1.83. The van der Waals surface area contributed by atoms with Crippen LogP contribution in [0.3, 0.4) is 0 Å². The van der Waals surface area contributed by atoms with Gasteiger partial charge in [-0.15, -0.1) is 0 Å². The molecule has 22 heavy (non-hydrogen) atoms.